The average Bonchev–Trinajstić information content (AvgIpc) is 2.40. The lowest BCUT2D eigenvalue weighted by atomic mass is 9.95. The number of rotatable bonds is 1. The van der Waals surface area contributed by atoms with Gasteiger partial charge in [0.2, 0.25) is 0 Å². The van der Waals surface area contributed by atoms with Crippen LogP contribution in [0.2, 0.25) is 0 Å². The third-order valence-corrected chi connectivity index (χ3v) is 4.46. The Morgan fingerprint density at radius 2 is 1.93 bits per heavy atom. The molecule has 0 bridgehead atoms. The Morgan fingerprint density at radius 3 is 2.47 bits per heavy atom. The molecule has 82 valence electrons. The molecule has 1 aliphatic heterocycles. The van der Waals surface area contributed by atoms with Crippen molar-refractivity contribution in [2.75, 3.05) is 11.5 Å². The Morgan fingerprint density at radius 1 is 1.27 bits per heavy atom. The smallest absolute Gasteiger partial charge is 0.152 e. The molecule has 3 nitrogen and oxygen atoms in total. The van der Waals surface area contributed by atoms with Crippen LogP contribution in [0.25, 0.3) is 0 Å². The van der Waals surface area contributed by atoms with Gasteiger partial charge in [-0.1, -0.05) is 18.2 Å². The topological polar surface area (TPSA) is 60.2 Å². The van der Waals surface area contributed by atoms with E-state index in [2.05, 4.69) is 0 Å². The van der Waals surface area contributed by atoms with Gasteiger partial charge in [-0.25, -0.2) is 12.8 Å². The van der Waals surface area contributed by atoms with E-state index in [1.54, 1.807) is 18.2 Å². The van der Waals surface area contributed by atoms with Crippen LogP contribution in [0, 0.1) is 5.82 Å². The Labute approximate surface area is 88.0 Å². The van der Waals surface area contributed by atoms with Gasteiger partial charge in [0.05, 0.1) is 11.5 Å². The zero-order valence-electron chi connectivity index (χ0n) is 8.06. The van der Waals surface area contributed by atoms with Gasteiger partial charge in [-0.3, -0.25) is 0 Å². The van der Waals surface area contributed by atoms with Gasteiger partial charge in [-0.15, -0.1) is 0 Å². The molecule has 0 aliphatic carbocycles. The maximum Gasteiger partial charge on any atom is 0.152 e. The third kappa shape index (κ3) is 2.03. The molecule has 1 heterocycles. The number of sulfone groups is 1. The zero-order valence-corrected chi connectivity index (χ0v) is 8.87. The van der Waals surface area contributed by atoms with Crippen molar-refractivity contribution >= 4 is 9.84 Å². The van der Waals surface area contributed by atoms with E-state index in [-0.39, 0.29) is 17.3 Å². The summed E-state index contributed by atoms with van der Waals surface area (Å²) < 4.78 is 36.1. The Balaban J connectivity index is 2.38. The maximum absolute atomic E-state index is 13.4. The quantitative estimate of drug-likeness (QED) is 0.769. The largest absolute Gasteiger partial charge is 0.326 e. The number of halogens is 1. The van der Waals surface area contributed by atoms with Crippen LogP contribution in [0.3, 0.4) is 0 Å². The summed E-state index contributed by atoms with van der Waals surface area (Å²) in [4.78, 5) is 0. The average molecular weight is 229 g/mol. The van der Waals surface area contributed by atoms with E-state index >= 15 is 0 Å². The standard InChI is InChI=1S/C10H12FNO2S/c11-9-4-2-1-3-7(9)8-5-15(13,14)6-10(8)12/h1-4,8,10H,5-6,12H2. The summed E-state index contributed by atoms with van der Waals surface area (Å²) >= 11 is 0. The molecule has 0 aromatic heterocycles. The molecule has 0 radical (unpaired) electrons. The predicted molar refractivity (Wildman–Crippen MR) is 55.8 cm³/mol. The van der Waals surface area contributed by atoms with Crippen molar-refractivity contribution in [2.24, 2.45) is 5.73 Å². The van der Waals surface area contributed by atoms with E-state index in [4.69, 9.17) is 5.73 Å². The molecule has 2 rings (SSSR count). The lowest BCUT2D eigenvalue weighted by Crippen LogP contribution is -2.27. The number of nitrogens with two attached hydrogens (primary N) is 1. The molecule has 15 heavy (non-hydrogen) atoms. The van der Waals surface area contributed by atoms with E-state index in [1.807, 2.05) is 0 Å². The van der Waals surface area contributed by atoms with Crippen LogP contribution < -0.4 is 5.73 Å². The molecule has 0 amide bonds. The molecule has 1 aromatic carbocycles. The van der Waals surface area contributed by atoms with Crippen molar-refractivity contribution < 1.29 is 12.8 Å². The van der Waals surface area contributed by atoms with Crippen LogP contribution in [0.5, 0.6) is 0 Å². The van der Waals surface area contributed by atoms with Crippen molar-refractivity contribution in [1.82, 2.24) is 0 Å². The minimum absolute atomic E-state index is 0.0465. The molecule has 2 unspecified atom stereocenters. The highest BCUT2D eigenvalue weighted by Crippen LogP contribution is 2.29. The van der Waals surface area contributed by atoms with Crippen LogP contribution in [0.4, 0.5) is 4.39 Å². The second-order valence-electron chi connectivity index (χ2n) is 3.87. The predicted octanol–water partition coefficient (Wildman–Crippen LogP) is 0.665. The van der Waals surface area contributed by atoms with Gasteiger partial charge in [-0.2, -0.15) is 0 Å². The van der Waals surface area contributed by atoms with Crippen molar-refractivity contribution in [3.8, 4) is 0 Å². The third-order valence-electron chi connectivity index (χ3n) is 2.70. The van der Waals surface area contributed by atoms with Crippen molar-refractivity contribution in [1.29, 1.82) is 0 Å². The minimum Gasteiger partial charge on any atom is -0.326 e. The number of benzene rings is 1. The number of hydrogen-bond donors (Lipinski definition) is 1. The summed E-state index contributed by atoms with van der Waals surface area (Å²) in [5.74, 6) is -0.882. The summed E-state index contributed by atoms with van der Waals surface area (Å²) in [6.07, 6.45) is 0. The highest BCUT2D eigenvalue weighted by Gasteiger charge is 2.37. The first kappa shape index (κ1) is 10.6. The van der Waals surface area contributed by atoms with Gasteiger partial charge in [0.15, 0.2) is 9.84 Å². The van der Waals surface area contributed by atoms with Gasteiger partial charge in [0.25, 0.3) is 0 Å². The second kappa shape index (κ2) is 3.57. The molecule has 1 aliphatic rings. The second-order valence-corrected chi connectivity index (χ2v) is 6.02. The molecule has 5 heteroatoms. The summed E-state index contributed by atoms with van der Waals surface area (Å²) in [6.45, 7) is 0. The molecule has 2 N–H and O–H groups in total. The van der Waals surface area contributed by atoms with Crippen LogP contribution >= 0.6 is 0 Å². The highest BCUT2D eigenvalue weighted by atomic mass is 32.2. The van der Waals surface area contributed by atoms with Crippen LogP contribution in [0.1, 0.15) is 11.5 Å². The zero-order chi connectivity index (χ0) is 11.1. The molecule has 2 atom stereocenters. The van der Waals surface area contributed by atoms with Crippen LogP contribution in [-0.2, 0) is 9.84 Å². The van der Waals surface area contributed by atoms with Gasteiger partial charge in [0, 0.05) is 12.0 Å². The molecule has 1 aromatic rings. The Kier molecular flexibility index (Phi) is 2.52. The maximum atomic E-state index is 13.4. The summed E-state index contributed by atoms with van der Waals surface area (Å²) in [6, 6.07) is 5.70. The molecule has 0 spiro atoms. The molecular formula is C10H12FNO2S. The van der Waals surface area contributed by atoms with Crippen molar-refractivity contribution in [3.05, 3.63) is 35.6 Å². The fraction of sp³-hybridized carbons (Fsp3) is 0.400. The van der Waals surface area contributed by atoms with E-state index in [1.165, 1.54) is 6.07 Å². The normalized spacial score (nSPS) is 29.2. The van der Waals surface area contributed by atoms with E-state index < -0.39 is 21.8 Å². The van der Waals surface area contributed by atoms with Gasteiger partial charge in [0.1, 0.15) is 5.82 Å². The van der Waals surface area contributed by atoms with Crippen molar-refractivity contribution in [3.63, 3.8) is 0 Å². The van der Waals surface area contributed by atoms with E-state index in [9.17, 15) is 12.8 Å². The first-order valence-electron chi connectivity index (χ1n) is 4.70. The lowest BCUT2D eigenvalue weighted by molar-refractivity contribution is 0.567. The highest BCUT2D eigenvalue weighted by molar-refractivity contribution is 7.91. The van der Waals surface area contributed by atoms with E-state index in [0.717, 1.165) is 0 Å². The minimum atomic E-state index is -3.10. The molecule has 0 saturated carbocycles. The van der Waals surface area contributed by atoms with Gasteiger partial charge < -0.3 is 5.73 Å². The molecule has 1 saturated heterocycles. The van der Waals surface area contributed by atoms with E-state index in [0.29, 0.717) is 5.56 Å². The summed E-state index contributed by atoms with van der Waals surface area (Å²) in [5, 5.41) is 0. The fourth-order valence-electron chi connectivity index (χ4n) is 1.97. The molecular weight excluding hydrogens is 217 g/mol. The Bertz CT molecular complexity index is 472. The number of hydrogen-bond acceptors (Lipinski definition) is 3. The van der Waals surface area contributed by atoms with Gasteiger partial charge in [-0.05, 0) is 11.6 Å². The summed E-state index contributed by atoms with van der Waals surface area (Å²) in [7, 11) is -3.10. The Hall–Kier alpha value is -0.940. The first-order valence-corrected chi connectivity index (χ1v) is 6.52. The first-order chi connectivity index (χ1) is 6.99. The fourth-order valence-corrected chi connectivity index (χ4v) is 3.90. The monoisotopic (exact) mass is 229 g/mol. The van der Waals surface area contributed by atoms with Crippen LogP contribution in [-0.4, -0.2) is 26.0 Å². The molecule has 1 fully saturated rings. The SMILES string of the molecule is NC1CS(=O)(=O)CC1c1ccccc1F. The van der Waals surface area contributed by atoms with Gasteiger partial charge >= 0.3 is 0 Å². The summed E-state index contributed by atoms with van der Waals surface area (Å²) in [5.41, 5.74) is 6.12. The van der Waals surface area contributed by atoms with Crippen LogP contribution in [0.15, 0.2) is 24.3 Å². The van der Waals surface area contributed by atoms with Crippen molar-refractivity contribution in [2.45, 2.75) is 12.0 Å². The lowest BCUT2D eigenvalue weighted by Gasteiger charge is -2.14.